The fraction of sp³-hybridized carbons (Fsp3) is 0.393. The van der Waals surface area contributed by atoms with Gasteiger partial charge in [0.1, 0.15) is 12.1 Å². The van der Waals surface area contributed by atoms with Crippen LogP contribution >= 0.6 is 0 Å². The van der Waals surface area contributed by atoms with Gasteiger partial charge in [-0.25, -0.2) is 9.97 Å². The van der Waals surface area contributed by atoms with Crippen LogP contribution in [0.4, 0.5) is 11.6 Å². The molecule has 2 N–H and O–H groups in total. The van der Waals surface area contributed by atoms with Crippen molar-refractivity contribution in [2.45, 2.75) is 45.7 Å². The Morgan fingerprint density at radius 1 is 1.03 bits per heavy atom. The molecular weight excluding hydrogens is 434 g/mol. The zero-order chi connectivity index (χ0) is 24.2. The number of hydrogen-bond acceptors (Lipinski definition) is 6. The van der Waals surface area contributed by atoms with Gasteiger partial charge in [0.05, 0.1) is 17.1 Å². The molecule has 0 saturated carbocycles. The summed E-state index contributed by atoms with van der Waals surface area (Å²) in [4.78, 5) is 16.5. The summed E-state index contributed by atoms with van der Waals surface area (Å²) >= 11 is 0. The molecular formula is C28H35N7. The number of imidazole rings is 1. The van der Waals surface area contributed by atoms with E-state index in [1.807, 2.05) is 35.2 Å². The molecule has 7 heteroatoms. The molecule has 1 unspecified atom stereocenters. The second-order valence-corrected chi connectivity index (χ2v) is 9.90. The SMILES string of the molecule is CC(C)CN1CCCC1CNc1ccc2c(c1)ncn2-c1ccnc(N[C@@H](C)c2ccccc2)n1. The number of aromatic nitrogens is 4. The average Bonchev–Trinajstić information content (AvgIpc) is 3.49. The van der Waals surface area contributed by atoms with Crippen LogP contribution in [0.5, 0.6) is 0 Å². The summed E-state index contributed by atoms with van der Waals surface area (Å²) in [6.07, 6.45) is 6.18. The summed E-state index contributed by atoms with van der Waals surface area (Å²) in [5, 5.41) is 7.06. The quantitative estimate of drug-likeness (QED) is 0.336. The standard InChI is InChI=1S/C28H35N7/c1-20(2)18-34-15-7-10-24(34)17-30-23-11-12-26-25(16-23)31-19-35(26)27-13-14-29-28(33-27)32-21(3)22-8-5-4-6-9-22/h4-6,8-9,11-14,16,19-21,24,30H,7,10,15,17-18H2,1-3H3,(H,29,32,33)/t21-,24?/m0/s1. The normalized spacial score (nSPS) is 17.2. The van der Waals surface area contributed by atoms with Gasteiger partial charge in [0.2, 0.25) is 5.95 Å². The minimum absolute atomic E-state index is 0.107. The molecule has 1 saturated heterocycles. The van der Waals surface area contributed by atoms with Gasteiger partial charge in [-0.3, -0.25) is 9.47 Å². The van der Waals surface area contributed by atoms with E-state index in [9.17, 15) is 0 Å². The lowest BCUT2D eigenvalue weighted by Gasteiger charge is -2.26. The molecule has 2 atom stereocenters. The van der Waals surface area contributed by atoms with Crippen LogP contribution in [-0.4, -0.2) is 50.1 Å². The lowest BCUT2D eigenvalue weighted by molar-refractivity contribution is 0.234. The van der Waals surface area contributed by atoms with Crippen LogP contribution in [0.1, 0.15) is 45.2 Å². The van der Waals surface area contributed by atoms with Gasteiger partial charge in [0.25, 0.3) is 0 Å². The molecule has 1 aliphatic rings. The first kappa shape index (κ1) is 23.3. The topological polar surface area (TPSA) is 70.9 Å². The molecule has 0 bridgehead atoms. The molecule has 1 fully saturated rings. The predicted octanol–water partition coefficient (Wildman–Crippen LogP) is 5.52. The van der Waals surface area contributed by atoms with E-state index in [0.29, 0.717) is 17.9 Å². The highest BCUT2D eigenvalue weighted by Gasteiger charge is 2.24. The summed E-state index contributed by atoms with van der Waals surface area (Å²) in [7, 11) is 0. The van der Waals surface area contributed by atoms with Gasteiger partial charge in [-0.2, -0.15) is 4.98 Å². The third-order valence-electron chi connectivity index (χ3n) is 6.72. The van der Waals surface area contributed by atoms with E-state index in [1.165, 1.54) is 31.5 Å². The molecule has 1 aliphatic heterocycles. The van der Waals surface area contributed by atoms with Crippen molar-refractivity contribution in [3.05, 3.63) is 72.7 Å². The average molecular weight is 470 g/mol. The summed E-state index contributed by atoms with van der Waals surface area (Å²) in [6.45, 7) is 10.1. The molecule has 5 rings (SSSR count). The zero-order valence-electron chi connectivity index (χ0n) is 20.9. The maximum atomic E-state index is 4.75. The van der Waals surface area contributed by atoms with Crippen molar-refractivity contribution in [2.75, 3.05) is 30.3 Å². The minimum Gasteiger partial charge on any atom is -0.383 e. The van der Waals surface area contributed by atoms with Crippen LogP contribution in [0.15, 0.2) is 67.1 Å². The van der Waals surface area contributed by atoms with E-state index in [0.717, 1.165) is 29.1 Å². The molecule has 4 aromatic rings. The summed E-state index contributed by atoms with van der Waals surface area (Å²) < 4.78 is 2.01. The van der Waals surface area contributed by atoms with E-state index in [4.69, 9.17) is 4.98 Å². The van der Waals surface area contributed by atoms with Crippen molar-refractivity contribution >= 4 is 22.7 Å². The van der Waals surface area contributed by atoms with Crippen molar-refractivity contribution < 1.29 is 0 Å². The molecule has 0 spiro atoms. The largest absolute Gasteiger partial charge is 0.383 e. The fourth-order valence-electron chi connectivity index (χ4n) is 4.95. The highest BCUT2D eigenvalue weighted by molar-refractivity contribution is 5.81. The molecule has 2 aromatic heterocycles. The van der Waals surface area contributed by atoms with Gasteiger partial charge in [-0.15, -0.1) is 0 Å². The second-order valence-electron chi connectivity index (χ2n) is 9.90. The number of benzene rings is 2. The van der Waals surface area contributed by atoms with Crippen LogP contribution in [0, 0.1) is 5.92 Å². The number of hydrogen-bond donors (Lipinski definition) is 2. The van der Waals surface area contributed by atoms with Gasteiger partial charge in [-0.1, -0.05) is 44.2 Å². The molecule has 35 heavy (non-hydrogen) atoms. The van der Waals surface area contributed by atoms with Gasteiger partial charge in [0.15, 0.2) is 0 Å². The van der Waals surface area contributed by atoms with Crippen LogP contribution in [0.2, 0.25) is 0 Å². The Hall–Kier alpha value is -3.45. The third kappa shape index (κ3) is 5.46. The number of rotatable bonds is 9. The van der Waals surface area contributed by atoms with E-state index < -0.39 is 0 Å². The molecule has 0 aliphatic carbocycles. The van der Waals surface area contributed by atoms with E-state index in [-0.39, 0.29) is 6.04 Å². The maximum absolute atomic E-state index is 4.75. The predicted molar refractivity (Wildman–Crippen MR) is 143 cm³/mol. The number of nitrogens with zero attached hydrogens (tertiary/aromatic N) is 5. The summed E-state index contributed by atoms with van der Waals surface area (Å²) in [5.41, 5.74) is 4.28. The van der Waals surface area contributed by atoms with Crippen molar-refractivity contribution in [1.82, 2.24) is 24.4 Å². The van der Waals surface area contributed by atoms with Gasteiger partial charge in [0, 0.05) is 31.0 Å². The molecule has 2 aromatic carbocycles. The summed E-state index contributed by atoms with van der Waals surface area (Å²) in [5.74, 6) is 2.10. The second kappa shape index (κ2) is 10.4. The molecule has 0 amide bonds. The number of fused-ring (bicyclic) bond motifs is 1. The molecule has 182 valence electrons. The van der Waals surface area contributed by atoms with Crippen LogP contribution < -0.4 is 10.6 Å². The first-order valence-corrected chi connectivity index (χ1v) is 12.7. The van der Waals surface area contributed by atoms with Crippen molar-refractivity contribution in [1.29, 1.82) is 0 Å². The van der Waals surface area contributed by atoms with E-state index in [2.05, 4.69) is 76.6 Å². The Morgan fingerprint density at radius 3 is 2.71 bits per heavy atom. The molecule has 7 nitrogen and oxygen atoms in total. The third-order valence-corrected chi connectivity index (χ3v) is 6.72. The lowest BCUT2D eigenvalue weighted by atomic mass is 10.1. The number of anilines is 2. The highest BCUT2D eigenvalue weighted by Crippen LogP contribution is 2.24. The monoisotopic (exact) mass is 469 g/mol. The first-order chi connectivity index (χ1) is 17.1. The van der Waals surface area contributed by atoms with Crippen LogP contribution in [-0.2, 0) is 0 Å². The Kier molecular flexibility index (Phi) is 6.95. The van der Waals surface area contributed by atoms with E-state index >= 15 is 0 Å². The van der Waals surface area contributed by atoms with Crippen LogP contribution in [0.25, 0.3) is 16.9 Å². The van der Waals surface area contributed by atoms with Crippen molar-refractivity contribution in [3.8, 4) is 5.82 Å². The summed E-state index contributed by atoms with van der Waals surface area (Å²) in [6, 6.07) is 19.3. The smallest absolute Gasteiger partial charge is 0.225 e. The highest BCUT2D eigenvalue weighted by atomic mass is 15.2. The minimum atomic E-state index is 0.107. The van der Waals surface area contributed by atoms with Crippen molar-refractivity contribution in [3.63, 3.8) is 0 Å². The fourth-order valence-corrected chi connectivity index (χ4v) is 4.95. The van der Waals surface area contributed by atoms with Crippen molar-refractivity contribution in [2.24, 2.45) is 5.92 Å². The Bertz CT molecular complexity index is 1250. The Labute approximate surface area is 207 Å². The first-order valence-electron chi connectivity index (χ1n) is 12.7. The zero-order valence-corrected chi connectivity index (χ0v) is 20.9. The van der Waals surface area contributed by atoms with Gasteiger partial charge < -0.3 is 10.6 Å². The van der Waals surface area contributed by atoms with Crippen LogP contribution in [0.3, 0.4) is 0 Å². The molecule has 0 radical (unpaired) electrons. The Balaban J connectivity index is 1.28. The van der Waals surface area contributed by atoms with Gasteiger partial charge in [-0.05, 0) is 62.1 Å². The maximum Gasteiger partial charge on any atom is 0.225 e. The van der Waals surface area contributed by atoms with Gasteiger partial charge >= 0.3 is 0 Å². The molecule has 3 heterocycles. The van der Waals surface area contributed by atoms with E-state index in [1.54, 1.807) is 6.20 Å². The lowest BCUT2D eigenvalue weighted by Crippen LogP contribution is -2.37. The Morgan fingerprint density at radius 2 is 1.89 bits per heavy atom. The number of nitrogens with one attached hydrogen (secondary N) is 2. The number of likely N-dealkylation sites (tertiary alicyclic amines) is 1.